The molecule has 0 saturated heterocycles. The van der Waals surface area contributed by atoms with Crippen molar-refractivity contribution >= 4 is 22.7 Å². The molecule has 7 heteroatoms. The fourth-order valence-electron chi connectivity index (χ4n) is 2.33. The molecule has 122 valence electrons. The highest BCUT2D eigenvalue weighted by Crippen LogP contribution is 2.25. The zero-order valence-corrected chi connectivity index (χ0v) is 12.8. The van der Waals surface area contributed by atoms with E-state index in [1.807, 2.05) is 0 Å². The summed E-state index contributed by atoms with van der Waals surface area (Å²) in [5.41, 5.74) is -0.186. The molecule has 0 atom stereocenters. The number of hydrogen-bond donors (Lipinski definition) is 2. The number of anilines is 1. The fourth-order valence-corrected chi connectivity index (χ4v) is 2.33. The van der Waals surface area contributed by atoms with E-state index in [4.69, 9.17) is 9.15 Å². The number of benzene rings is 1. The standard InChI is InChI=1S/C17H14N2O5/c1-2-23-17(22)19-11-7-8-18-16(21)15(11)14-9-12(20)10-5-3-4-6-13(10)24-14/h3-9H,2H2,1H3,(H2,18,19,21,22). The summed E-state index contributed by atoms with van der Waals surface area (Å²) in [5, 5.41) is 2.89. The molecule has 0 radical (unpaired) electrons. The molecule has 2 aromatic heterocycles. The van der Waals surface area contributed by atoms with Gasteiger partial charge in [-0.2, -0.15) is 0 Å². The second-order valence-electron chi connectivity index (χ2n) is 4.91. The summed E-state index contributed by atoms with van der Waals surface area (Å²) < 4.78 is 10.5. The molecule has 0 bridgehead atoms. The van der Waals surface area contributed by atoms with Crippen molar-refractivity contribution in [3.05, 3.63) is 63.2 Å². The normalized spacial score (nSPS) is 10.5. The number of ether oxygens (including phenoxy) is 1. The third-order valence-electron chi connectivity index (χ3n) is 3.35. The first-order valence-corrected chi connectivity index (χ1v) is 7.29. The van der Waals surface area contributed by atoms with Gasteiger partial charge in [0.25, 0.3) is 5.56 Å². The molecule has 1 aromatic carbocycles. The van der Waals surface area contributed by atoms with Gasteiger partial charge < -0.3 is 14.1 Å². The lowest BCUT2D eigenvalue weighted by molar-refractivity contribution is 0.168. The average Bonchev–Trinajstić information content (AvgIpc) is 2.55. The minimum atomic E-state index is -0.701. The van der Waals surface area contributed by atoms with Crippen LogP contribution in [0.1, 0.15) is 6.92 Å². The molecular weight excluding hydrogens is 312 g/mol. The van der Waals surface area contributed by atoms with Crippen molar-refractivity contribution in [3.63, 3.8) is 0 Å². The summed E-state index contributed by atoms with van der Waals surface area (Å²) in [6.07, 6.45) is 0.680. The number of pyridine rings is 1. The molecule has 0 spiro atoms. The maximum absolute atomic E-state index is 12.2. The van der Waals surface area contributed by atoms with Gasteiger partial charge in [-0.15, -0.1) is 0 Å². The molecule has 0 fully saturated rings. The lowest BCUT2D eigenvalue weighted by atomic mass is 10.1. The number of H-pyrrole nitrogens is 1. The molecule has 7 nitrogen and oxygen atoms in total. The van der Waals surface area contributed by atoms with Crippen molar-refractivity contribution in [2.75, 3.05) is 11.9 Å². The van der Waals surface area contributed by atoms with Gasteiger partial charge in [-0.25, -0.2) is 4.79 Å². The minimum absolute atomic E-state index is 0.0495. The monoisotopic (exact) mass is 326 g/mol. The summed E-state index contributed by atoms with van der Waals surface area (Å²) in [7, 11) is 0. The SMILES string of the molecule is CCOC(=O)Nc1cc[nH]c(=O)c1-c1cc(=O)c2ccccc2o1. The van der Waals surface area contributed by atoms with Crippen LogP contribution in [-0.4, -0.2) is 17.7 Å². The highest BCUT2D eigenvalue weighted by Gasteiger charge is 2.16. The van der Waals surface area contributed by atoms with Gasteiger partial charge in [0.1, 0.15) is 16.9 Å². The predicted molar refractivity (Wildman–Crippen MR) is 89.2 cm³/mol. The molecule has 0 aliphatic carbocycles. The third kappa shape index (κ3) is 2.91. The van der Waals surface area contributed by atoms with E-state index < -0.39 is 11.7 Å². The summed E-state index contributed by atoms with van der Waals surface area (Å²) in [6, 6.07) is 9.43. The van der Waals surface area contributed by atoms with Crippen molar-refractivity contribution < 1.29 is 13.9 Å². The fraction of sp³-hybridized carbons (Fsp3) is 0.118. The van der Waals surface area contributed by atoms with Crippen LogP contribution in [0.3, 0.4) is 0 Å². The van der Waals surface area contributed by atoms with E-state index >= 15 is 0 Å². The van der Waals surface area contributed by atoms with Crippen molar-refractivity contribution in [3.8, 4) is 11.3 Å². The highest BCUT2D eigenvalue weighted by atomic mass is 16.5. The zero-order chi connectivity index (χ0) is 17.1. The molecule has 3 aromatic rings. The topological polar surface area (TPSA) is 101 Å². The Morgan fingerprint density at radius 2 is 2.04 bits per heavy atom. The number of aromatic nitrogens is 1. The number of nitrogens with one attached hydrogen (secondary N) is 2. The van der Waals surface area contributed by atoms with Crippen LogP contribution in [0.15, 0.2) is 56.6 Å². The van der Waals surface area contributed by atoms with Gasteiger partial charge >= 0.3 is 6.09 Å². The van der Waals surface area contributed by atoms with Gasteiger partial charge in [0.15, 0.2) is 5.43 Å². The Balaban J connectivity index is 2.17. The molecule has 0 unspecified atom stereocenters. The van der Waals surface area contributed by atoms with Crippen molar-refractivity contribution in [2.45, 2.75) is 6.92 Å². The van der Waals surface area contributed by atoms with E-state index in [1.54, 1.807) is 31.2 Å². The van der Waals surface area contributed by atoms with E-state index in [-0.39, 0.29) is 29.0 Å². The first kappa shape index (κ1) is 15.5. The van der Waals surface area contributed by atoms with Crippen molar-refractivity contribution in [1.82, 2.24) is 4.98 Å². The molecule has 0 saturated carbocycles. The molecule has 2 heterocycles. The van der Waals surface area contributed by atoms with Gasteiger partial charge in [0.05, 0.1) is 17.7 Å². The molecule has 0 aliphatic rings. The van der Waals surface area contributed by atoms with Crippen molar-refractivity contribution in [2.24, 2.45) is 0 Å². The second kappa shape index (κ2) is 6.41. The van der Waals surface area contributed by atoms with Crippen LogP contribution in [0.5, 0.6) is 0 Å². The van der Waals surface area contributed by atoms with E-state index in [2.05, 4.69) is 10.3 Å². The van der Waals surface area contributed by atoms with Crippen LogP contribution < -0.4 is 16.3 Å². The van der Waals surface area contributed by atoms with Crippen LogP contribution >= 0.6 is 0 Å². The number of fused-ring (bicyclic) bond motifs is 1. The van der Waals surface area contributed by atoms with Crippen molar-refractivity contribution in [1.29, 1.82) is 0 Å². The van der Waals surface area contributed by atoms with Crippen LogP contribution in [0.25, 0.3) is 22.3 Å². The zero-order valence-electron chi connectivity index (χ0n) is 12.8. The van der Waals surface area contributed by atoms with Crippen LogP contribution in [-0.2, 0) is 4.74 Å². The van der Waals surface area contributed by atoms with E-state index in [9.17, 15) is 14.4 Å². The average molecular weight is 326 g/mol. The van der Waals surface area contributed by atoms with E-state index in [0.29, 0.717) is 11.0 Å². The maximum atomic E-state index is 12.2. The van der Waals surface area contributed by atoms with Gasteiger partial charge in [-0.05, 0) is 25.1 Å². The summed E-state index contributed by atoms with van der Waals surface area (Å²) in [5.74, 6) is 0.0624. The summed E-state index contributed by atoms with van der Waals surface area (Å²) in [6.45, 7) is 1.86. The van der Waals surface area contributed by atoms with Gasteiger partial charge in [0, 0.05) is 12.3 Å². The molecule has 0 aliphatic heterocycles. The lowest BCUT2D eigenvalue weighted by Gasteiger charge is -2.10. The van der Waals surface area contributed by atoms with Gasteiger partial charge in [-0.1, -0.05) is 12.1 Å². The smallest absolute Gasteiger partial charge is 0.411 e. The van der Waals surface area contributed by atoms with Crippen LogP contribution in [0.2, 0.25) is 0 Å². The second-order valence-corrected chi connectivity index (χ2v) is 4.91. The lowest BCUT2D eigenvalue weighted by Crippen LogP contribution is -2.18. The van der Waals surface area contributed by atoms with Gasteiger partial charge in [-0.3, -0.25) is 14.9 Å². The number of carbonyl (C=O) groups excluding carboxylic acids is 1. The number of para-hydroxylation sites is 1. The molecular formula is C17H14N2O5. The molecule has 24 heavy (non-hydrogen) atoms. The van der Waals surface area contributed by atoms with Gasteiger partial charge in [0.2, 0.25) is 0 Å². The Morgan fingerprint density at radius 3 is 2.83 bits per heavy atom. The number of amides is 1. The minimum Gasteiger partial charge on any atom is -0.456 e. The van der Waals surface area contributed by atoms with E-state index in [1.165, 1.54) is 18.3 Å². The van der Waals surface area contributed by atoms with Crippen LogP contribution in [0, 0.1) is 0 Å². The largest absolute Gasteiger partial charge is 0.456 e. The van der Waals surface area contributed by atoms with E-state index in [0.717, 1.165) is 0 Å². The molecule has 1 amide bonds. The first-order valence-electron chi connectivity index (χ1n) is 7.29. The Morgan fingerprint density at radius 1 is 1.25 bits per heavy atom. The molecule has 2 N–H and O–H groups in total. The van der Waals surface area contributed by atoms with Crippen LogP contribution in [0.4, 0.5) is 10.5 Å². The number of hydrogen-bond acceptors (Lipinski definition) is 5. The molecule has 3 rings (SSSR count). The maximum Gasteiger partial charge on any atom is 0.411 e. The quantitative estimate of drug-likeness (QED) is 0.770. The predicted octanol–water partition coefficient (Wildman–Crippen LogP) is 2.72. The highest BCUT2D eigenvalue weighted by molar-refractivity contribution is 5.90. The Hall–Kier alpha value is -3.35. The Kier molecular flexibility index (Phi) is 4.15. The Labute approximate surface area is 135 Å². The number of carbonyl (C=O) groups is 1. The third-order valence-corrected chi connectivity index (χ3v) is 3.35. The number of rotatable bonds is 3. The summed E-state index contributed by atoms with van der Waals surface area (Å²) in [4.78, 5) is 38.6. The summed E-state index contributed by atoms with van der Waals surface area (Å²) >= 11 is 0. The Bertz CT molecular complexity index is 1020. The number of aromatic amines is 1. The first-order chi connectivity index (χ1) is 11.6.